The smallest absolute Gasteiger partial charge is 0.119 e. The van der Waals surface area contributed by atoms with Crippen LogP contribution in [0.4, 0.5) is 0 Å². The van der Waals surface area contributed by atoms with E-state index in [9.17, 15) is 0 Å². The Labute approximate surface area is 180 Å². The molecule has 1 atom stereocenters. The lowest BCUT2D eigenvalue weighted by Gasteiger charge is -2.59. The number of ether oxygens (including phenoxy) is 1. The molecule has 0 saturated heterocycles. The molecule has 4 fully saturated rings. The molecule has 4 saturated carbocycles. The molecule has 2 nitrogen and oxygen atoms in total. The van der Waals surface area contributed by atoms with Gasteiger partial charge in [0.2, 0.25) is 0 Å². The highest BCUT2D eigenvalue weighted by atomic mass is 35.5. The first kappa shape index (κ1) is 19.5. The van der Waals surface area contributed by atoms with E-state index in [4.69, 9.17) is 16.3 Å². The van der Waals surface area contributed by atoms with Crippen LogP contribution in [0, 0.1) is 23.2 Å². The lowest BCUT2D eigenvalue weighted by Crippen LogP contribution is -2.54. The molecule has 0 amide bonds. The Morgan fingerprint density at radius 2 is 1.45 bits per heavy atom. The molecule has 0 aromatic heterocycles. The maximum absolute atomic E-state index is 5.94. The molecule has 0 aliphatic heterocycles. The molecule has 1 unspecified atom stereocenters. The van der Waals surface area contributed by atoms with Crippen LogP contribution in [0.15, 0.2) is 48.5 Å². The summed E-state index contributed by atoms with van der Waals surface area (Å²) in [7, 11) is 0. The minimum Gasteiger partial charge on any atom is -0.489 e. The predicted molar refractivity (Wildman–Crippen MR) is 119 cm³/mol. The summed E-state index contributed by atoms with van der Waals surface area (Å²) in [6.07, 6.45) is 8.94. The van der Waals surface area contributed by atoms with E-state index < -0.39 is 0 Å². The molecule has 6 rings (SSSR count). The molecule has 154 valence electrons. The van der Waals surface area contributed by atoms with E-state index in [-0.39, 0.29) is 0 Å². The van der Waals surface area contributed by atoms with Crippen LogP contribution in [0.25, 0.3) is 0 Å². The molecule has 4 aliphatic rings. The number of hydrogen-bond donors (Lipinski definition) is 1. The molecule has 0 spiro atoms. The van der Waals surface area contributed by atoms with Gasteiger partial charge in [-0.15, -0.1) is 0 Å². The Hall–Kier alpha value is -1.51. The molecule has 4 aliphatic carbocycles. The Morgan fingerprint density at radius 3 is 2.03 bits per heavy atom. The fourth-order valence-electron chi connectivity index (χ4n) is 6.65. The zero-order valence-electron chi connectivity index (χ0n) is 17.4. The van der Waals surface area contributed by atoms with Gasteiger partial charge in [0, 0.05) is 17.6 Å². The average Bonchev–Trinajstić information content (AvgIpc) is 2.71. The third-order valence-corrected chi connectivity index (χ3v) is 8.11. The van der Waals surface area contributed by atoms with E-state index in [0.29, 0.717) is 18.1 Å². The summed E-state index contributed by atoms with van der Waals surface area (Å²) in [5.41, 5.74) is 3.03. The van der Waals surface area contributed by atoms with Gasteiger partial charge < -0.3 is 10.1 Å². The van der Waals surface area contributed by atoms with Crippen molar-refractivity contribution in [3.05, 3.63) is 64.7 Å². The molecule has 3 heteroatoms. The van der Waals surface area contributed by atoms with E-state index in [1.807, 2.05) is 24.3 Å². The minimum absolute atomic E-state index is 0.566. The van der Waals surface area contributed by atoms with Crippen molar-refractivity contribution in [1.82, 2.24) is 5.32 Å². The zero-order chi connectivity index (χ0) is 19.8. The van der Waals surface area contributed by atoms with Crippen LogP contribution in [-0.4, -0.2) is 6.04 Å². The van der Waals surface area contributed by atoms with Gasteiger partial charge >= 0.3 is 0 Å². The van der Waals surface area contributed by atoms with E-state index >= 15 is 0 Å². The first-order valence-corrected chi connectivity index (χ1v) is 11.7. The van der Waals surface area contributed by atoms with Crippen LogP contribution in [-0.2, 0) is 13.2 Å². The maximum Gasteiger partial charge on any atom is 0.119 e. The van der Waals surface area contributed by atoms with Crippen molar-refractivity contribution in [2.24, 2.45) is 23.2 Å². The van der Waals surface area contributed by atoms with Crippen molar-refractivity contribution in [3.63, 3.8) is 0 Å². The average molecular weight is 410 g/mol. The lowest BCUT2D eigenvalue weighted by molar-refractivity contribution is -0.0706. The van der Waals surface area contributed by atoms with Gasteiger partial charge in [-0.3, -0.25) is 0 Å². The Kier molecular flexibility index (Phi) is 5.34. The molecule has 29 heavy (non-hydrogen) atoms. The van der Waals surface area contributed by atoms with Gasteiger partial charge in [0.05, 0.1) is 0 Å². The van der Waals surface area contributed by atoms with E-state index in [1.54, 1.807) is 0 Å². The zero-order valence-corrected chi connectivity index (χ0v) is 18.1. The van der Waals surface area contributed by atoms with Gasteiger partial charge in [0.25, 0.3) is 0 Å². The second kappa shape index (κ2) is 7.96. The van der Waals surface area contributed by atoms with Gasteiger partial charge in [0.1, 0.15) is 12.4 Å². The fourth-order valence-corrected chi connectivity index (χ4v) is 6.77. The molecule has 0 heterocycles. The van der Waals surface area contributed by atoms with Crippen LogP contribution in [0.3, 0.4) is 0 Å². The molecule has 4 bridgehead atoms. The molecular formula is C26H32ClNO. The van der Waals surface area contributed by atoms with Gasteiger partial charge in [-0.05, 0) is 104 Å². The monoisotopic (exact) mass is 409 g/mol. The molecular weight excluding hydrogens is 378 g/mol. The third-order valence-electron chi connectivity index (χ3n) is 7.86. The second-order valence-electron chi connectivity index (χ2n) is 9.94. The summed E-state index contributed by atoms with van der Waals surface area (Å²) in [4.78, 5) is 0. The van der Waals surface area contributed by atoms with E-state index in [0.717, 1.165) is 40.6 Å². The topological polar surface area (TPSA) is 21.3 Å². The van der Waals surface area contributed by atoms with Crippen LogP contribution < -0.4 is 10.1 Å². The summed E-state index contributed by atoms with van der Waals surface area (Å²) in [6, 6.07) is 17.0. The largest absolute Gasteiger partial charge is 0.489 e. The lowest BCUT2D eigenvalue weighted by atomic mass is 9.48. The normalized spacial score (nSPS) is 31.0. The minimum atomic E-state index is 0.566. The number of nitrogens with one attached hydrogen (secondary N) is 1. The van der Waals surface area contributed by atoms with Gasteiger partial charge in [-0.25, -0.2) is 0 Å². The number of rotatable bonds is 7. The van der Waals surface area contributed by atoms with Crippen molar-refractivity contribution in [3.8, 4) is 5.75 Å². The van der Waals surface area contributed by atoms with Crippen LogP contribution in [0.2, 0.25) is 5.02 Å². The molecule has 2 aromatic carbocycles. The third kappa shape index (κ3) is 4.20. The van der Waals surface area contributed by atoms with Crippen molar-refractivity contribution < 1.29 is 4.74 Å². The maximum atomic E-state index is 5.94. The van der Waals surface area contributed by atoms with Gasteiger partial charge in [-0.1, -0.05) is 35.9 Å². The van der Waals surface area contributed by atoms with E-state index in [1.165, 1.54) is 44.1 Å². The van der Waals surface area contributed by atoms with Crippen LogP contribution in [0.5, 0.6) is 5.75 Å². The SMILES string of the molecule is CC(NCc1ccc(OCc2ccc(Cl)cc2)cc1)C12CC3CC(CC(C3)C1)C2. The second-order valence-corrected chi connectivity index (χ2v) is 10.4. The molecule has 0 radical (unpaired) electrons. The summed E-state index contributed by atoms with van der Waals surface area (Å²) in [6.45, 7) is 3.95. The highest BCUT2D eigenvalue weighted by Gasteiger charge is 2.52. The first-order valence-electron chi connectivity index (χ1n) is 11.3. The summed E-state index contributed by atoms with van der Waals surface area (Å²) in [5.74, 6) is 3.96. The standard InChI is InChI=1S/C26H32ClNO/c1-18(26-13-21-10-22(14-26)12-23(11-21)15-26)28-16-19-4-8-25(9-5-19)29-17-20-2-6-24(27)7-3-20/h2-9,18,21-23,28H,10-17H2,1H3. The number of benzene rings is 2. The van der Waals surface area contributed by atoms with Gasteiger partial charge in [-0.2, -0.15) is 0 Å². The van der Waals surface area contributed by atoms with Crippen LogP contribution in [0.1, 0.15) is 56.6 Å². The summed E-state index contributed by atoms with van der Waals surface area (Å²) in [5, 5.41) is 4.64. The van der Waals surface area contributed by atoms with E-state index in [2.05, 4.69) is 36.5 Å². The number of hydrogen-bond acceptors (Lipinski definition) is 2. The molecule has 2 aromatic rings. The highest BCUT2D eigenvalue weighted by Crippen LogP contribution is 2.61. The molecule has 1 N–H and O–H groups in total. The van der Waals surface area contributed by atoms with Crippen molar-refractivity contribution >= 4 is 11.6 Å². The van der Waals surface area contributed by atoms with Gasteiger partial charge in [0.15, 0.2) is 0 Å². The van der Waals surface area contributed by atoms with Crippen LogP contribution >= 0.6 is 11.6 Å². The predicted octanol–water partition coefficient (Wildman–Crippen LogP) is 6.61. The first-order chi connectivity index (χ1) is 14.1. The van der Waals surface area contributed by atoms with Crippen molar-refractivity contribution in [2.45, 2.75) is 64.6 Å². The van der Waals surface area contributed by atoms with Crippen molar-refractivity contribution in [2.75, 3.05) is 0 Å². The Bertz CT molecular complexity index is 794. The fraction of sp³-hybridized carbons (Fsp3) is 0.538. The van der Waals surface area contributed by atoms with Crippen molar-refractivity contribution in [1.29, 1.82) is 0 Å². The highest BCUT2D eigenvalue weighted by molar-refractivity contribution is 6.30. The number of halogens is 1. The summed E-state index contributed by atoms with van der Waals surface area (Å²) < 4.78 is 5.91. The quantitative estimate of drug-likeness (QED) is 0.555. The summed E-state index contributed by atoms with van der Waals surface area (Å²) >= 11 is 5.94. The Morgan fingerprint density at radius 1 is 0.897 bits per heavy atom. The Balaban J connectivity index is 1.14.